The number of nitrogens with zero attached hydrogens (tertiary/aromatic N) is 1. The number of amides is 1. The van der Waals surface area contributed by atoms with Crippen LogP contribution in [0.5, 0.6) is 5.75 Å². The first-order chi connectivity index (χ1) is 13.0. The number of aryl methyl sites for hydroxylation is 1. The fourth-order valence-electron chi connectivity index (χ4n) is 3.69. The topological polar surface area (TPSA) is 66.8 Å². The molecule has 1 saturated heterocycles. The zero-order valence-electron chi connectivity index (χ0n) is 15.8. The number of hydrogen-bond acceptors (Lipinski definition) is 3. The number of carboxylic acids is 1. The summed E-state index contributed by atoms with van der Waals surface area (Å²) in [6.07, 6.45) is 2.49. The molecular weight excluding hydrogens is 342 g/mol. The number of benzene rings is 2. The van der Waals surface area contributed by atoms with Gasteiger partial charge in [0.1, 0.15) is 5.75 Å². The third-order valence-corrected chi connectivity index (χ3v) is 5.31. The number of hydrogen-bond donors (Lipinski definition) is 1. The maximum atomic E-state index is 12.8. The van der Waals surface area contributed by atoms with Gasteiger partial charge in [-0.2, -0.15) is 0 Å². The van der Waals surface area contributed by atoms with Gasteiger partial charge in [0.05, 0.1) is 12.7 Å². The Bertz CT molecular complexity index is 838. The van der Waals surface area contributed by atoms with Crippen LogP contribution in [0.25, 0.3) is 0 Å². The second-order valence-electron chi connectivity index (χ2n) is 7.09. The summed E-state index contributed by atoms with van der Waals surface area (Å²) in [5.41, 5.74) is 2.90. The van der Waals surface area contributed by atoms with Crippen LogP contribution >= 0.6 is 0 Å². The first kappa shape index (κ1) is 19.0. The summed E-state index contributed by atoms with van der Waals surface area (Å²) in [6, 6.07) is 12.7. The molecule has 142 valence electrons. The van der Waals surface area contributed by atoms with Crippen LogP contribution in [0, 0.1) is 12.8 Å². The molecule has 0 spiro atoms. The lowest BCUT2D eigenvalue weighted by Crippen LogP contribution is -2.39. The molecule has 2 aromatic carbocycles. The molecule has 1 N–H and O–H groups in total. The van der Waals surface area contributed by atoms with E-state index in [0.717, 1.165) is 36.1 Å². The normalized spacial score (nSPS) is 14.8. The Morgan fingerprint density at radius 3 is 2.52 bits per heavy atom. The number of rotatable bonds is 5. The highest BCUT2D eigenvalue weighted by Gasteiger charge is 2.25. The summed E-state index contributed by atoms with van der Waals surface area (Å²) in [7, 11) is 1.61. The molecule has 1 fully saturated rings. The van der Waals surface area contributed by atoms with Crippen molar-refractivity contribution in [2.45, 2.75) is 26.2 Å². The van der Waals surface area contributed by atoms with E-state index in [0.29, 0.717) is 30.1 Å². The zero-order valence-corrected chi connectivity index (χ0v) is 15.8. The summed E-state index contributed by atoms with van der Waals surface area (Å²) in [5.74, 6) is 0.257. The van der Waals surface area contributed by atoms with Gasteiger partial charge in [-0.15, -0.1) is 0 Å². The first-order valence-corrected chi connectivity index (χ1v) is 9.24. The average Bonchev–Trinajstić information content (AvgIpc) is 2.68. The number of methoxy groups -OCH3 is 1. The number of aromatic carboxylic acids is 1. The molecule has 0 aliphatic carbocycles. The maximum Gasteiger partial charge on any atom is 0.335 e. The van der Waals surface area contributed by atoms with Gasteiger partial charge in [-0.3, -0.25) is 4.79 Å². The van der Waals surface area contributed by atoms with E-state index in [1.54, 1.807) is 25.3 Å². The Balaban J connectivity index is 1.62. The van der Waals surface area contributed by atoms with Crippen LogP contribution in [-0.2, 0) is 6.42 Å². The molecule has 3 rings (SSSR count). The van der Waals surface area contributed by atoms with Gasteiger partial charge in [0.2, 0.25) is 0 Å². The fraction of sp³-hybridized carbons (Fsp3) is 0.364. The van der Waals surface area contributed by atoms with Crippen LogP contribution in [0.2, 0.25) is 0 Å². The Kier molecular flexibility index (Phi) is 5.79. The van der Waals surface area contributed by atoms with Crippen LogP contribution in [0.15, 0.2) is 42.5 Å². The van der Waals surface area contributed by atoms with E-state index in [-0.39, 0.29) is 5.91 Å². The van der Waals surface area contributed by atoms with Gasteiger partial charge in [-0.05, 0) is 61.4 Å². The molecule has 0 radical (unpaired) electrons. The standard InChI is InChI=1S/C22H25NO4/c1-15-7-8-18(14-20(15)27-2)21(24)23-11-9-16(10-12-23)13-17-5-3-4-6-19(17)22(25)26/h3-8,14,16H,9-13H2,1-2H3,(H,25,26). The Labute approximate surface area is 159 Å². The summed E-state index contributed by atoms with van der Waals surface area (Å²) >= 11 is 0. The molecule has 2 aromatic rings. The Morgan fingerprint density at radius 1 is 1.15 bits per heavy atom. The van der Waals surface area contributed by atoms with Gasteiger partial charge in [-0.25, -0.2) is 4.79 Å². The molecule has 5 nitrogen and oxygen atoms in total. The molecule has 1 amide bonds. The first-order valence-electron chi connectivity index (χ1n) is 9.24. The van der Waals surface area contributed by atoms with E-state index in [9.17, 15) is 14.7 Å². The molecule has 1 aliphatic heterocycles. The van der Waals surface area contributed by atoms with Crippen molar-refractivity contribution in [3.05, 3.63) is 64.7 Å². The molecule has 0 unspecified atom stereocenters. The van der Waals surface area contributed by atoms with Gasteiger partial charge < -0.3 is 14.7 Å². The quantitative estimate of drug-likeness (QED) is 0.873. The fourth-order valence-corrected chi connectivity index (χ4v) is 3.69. The summed E-state index contributed by atoms with van der Waals surface area (Å²) in [5, 5.41) is 9.34. The van der Waals surface area contributed by atoms with Gasteiger partial charge in [0.15, 0.2) is 0 Å². The molecule has 27 heavy (non-hydrogen) atoms. The van der Waals surface area contributed by atoms with Crippen molar-refractivity contribution in [1.29, 1.82) is 0 Å². The number of carbonyl (C=O) groups excluding carboxylic acids is 1. The van der Waals surface area contributed by atoms with Crippen molar-refractivity contribution < 1.29 is 19.4 Å². The maximum absolute atomic E-state index is 12.8. The van der Waals surface area contributed by atoms with Crippen LogP contribution in [0.3, 0.4) is 0 Å². The lowest BCUT2D eigenvalue weighted by molar-refractivity contribution is 0.0690. The second kappa shape index (κ2) is 8.25. The molecule has 5 heteroatoms. The van der Waals surface area contributed by atoms with Crippen molar-refractivity contribution in [2.24, 2.45) is 5.92 Å². The molecule has 0 atom stereocenters. The number of carboxylic acid groups (broad SMARTS) is 1. The number of carbonyl (C=O) groups is 2. The van der Waals surface area contributed by atoms with Crippen molar-refractivity contribution in [3.63, 3.8) is 0 Å². The lowest BCUT2D eigenvalue weighted by Gasteiger charge is -2.32. The van der Waals surface area contributed by atoms with E-state index in [2.05, 4.69) is 0 Å². The average molecular weight is 367 g/mol. The minimum absolute atomic E-state index is 0.0256. The van der Waals surface area contributed by atoms with Crippen LogP contribution < -0.4 is 4.74 Å². The van der Waals surface area contributed by atoms with E-state index in [1.807, 2.05) is 36.1 Å². The van der Waals surface area contributed by atoms with Crippen LogP contribution in [0.1, 0.15) is 44.7 Å². The Morgan fingerprint density at radius 2 is 1.85 bits per heavy atom. The number of likely N-dealkylation sites (tertiary alicyclic amines) is 1. The largest absolute Gasteiger partial charge is 0.496 e. The van der Waals surface area contributed by atoms with E-state index >= 15 is 0 Å². The Hall–Kier alpha value is -2.82. The second-order valence-corrected chi connectivity index (χ2v) is 7.09. The molecule has 0 bridgehead atoms. The van der Waals surface area contributed by atoms with Crippen molar-refractivity contribution >= 4 is 11.9 Å². The van der Waals surface area contributed by atoms with Gasteiger partial charge in [-0.1, -0.05) is 24.3 Å². The predicted molar refractivity (Wildman–Crippen MR) is 103 cm³/mol. The molecular formula is C22H25NO4. The van der Waals surface area contributed by atoms with E-state index < -0.39 is 5.97 Å². The van der Waals surface area contributed by atoms with Gasteiger partial charge >= 0.3 is 5.97 Å². The van der Waals surface area contributed by atoms with Crippen molar-refractivity contribution in [2.75, 3.05) is 20.2 Å². The van der Waals surface area contributed by atoms with Gasteiger partial charge in [0, 0.05) is 18.7 Å². The SMILES string of the molecule is COc1cc(C(=O)N2CCC(Cc3ccccc3C(=O)O)CC2)ccc1C. The van der Waals surface area contributed by atoms with Crippen LogP contribution in [0.4, 0.5) is 0 Å². The van der Waals surface area contributed by atoms with Crippen LogP contribution in [-0.4, -0.2) is 42.1 Å². The number of ether oxygens (including phenoxy) is 1. The minimum Gasteiger partial charge on any atom is -0.496 e. The smallest absolute Gasteiger partial charge is 0.335 e. The summed E-state index contributed by atoms with van der Waals surface area (Å²) in [6.45, 7) is 3.33. The number of piperidine rings is 1. The predicted octanol–water partition coefficient (Wildman–Crippen LogP) is 3.80. The summed E-state index contributed by atoms with van der Waals surface area (Å²) in [4.78, 5) is 26.0. The van der Waals surface area contributed by atoms with Gasteiger partial charge in [0.25, 0.3) is 5.91 Å². The van der Waals surface area contributed by atoms with E-state index in [4.69, 9.17) is 4.74 Å². The highest BCUT2D eigenvalue weighted by Crippen LogP contribution is 2.26. The molecule has 0 aromatic heterocycles. The minimum atomic E-state index is -0.883. The lowest BCUT2D eigenvalue weighted by atomic mass is 9.88. The molecule has 1 aliphatic rings. The zero-order chi connectivity index (χ0) is 19.4. The monoisotopic (exact) mass is 367 g/mol. The summed E-state index contributed by atoms with van der Waals surface area (Å²) < 4.78 is 5.32. The highest BCUT2D eigenvalue weighted by molar-refractivity contribution is 5.94. The molecule has 0 saturated carbocycles. The molecule has 1 heterocycles. The third-order valence-electron chi connectivity index (χ3n) is 5.31. The van der Waals surface area contributed by atoms with E-state index in [1.165, 1.54) is 0 Å². The van der Waals surface area contributed by atoms with Crippen molar-refractivity contribution in [3.8, 4) is 5.75 Å². The third kappa shape index (κ3) is 4.30. The van der Waals surface area contributed by atoms with Crippen molar-refractivity contribution in [1.82, 2.24) is 4.90 Å². The highest BCUT2D eigenvalue weighted by atomic mass is 16.5.